The van der Waals surface area contributed by atoms with Gasteiger partial charge in [0.1, 0.15) is 0 Å². The summed E-state index contributed by atoms with van der Waals surface area (Å²) >= 11 is 2.93. The number of aryl methyl sites for hydroxylation is 1. The minimum absolute atomic E-state index is 0.0543. The lowest BCUT2D eigenvalue weighted by atomic mass is 10.1. The van der Waals surface area contributed by atoms with Crippen LogP contribution in [0.2, 0.25) is 0 Å². The number of thioether (sulfide) groups is 1. The minimum Gasteiger partial charge on any atom is -0.324 e. The SMILES string of the molecule is Cc1cc(Sc2ncccn2)ccc1NC(=O)c1ccc2c(c1)NC(=O)CS2. The largest absolute Gasteiger partial charge is 0.324 e. The first-order valence-electron chi connectivity index (χ1n) is 8.52. The van der Waals surface area contributed by atoms with Gasteiger partial charge < -0.3 is 10.6 Å². The van der Waals surface area contributed by atoms with E-state index in [1.165, 1.54) is 23.5 Å². The summed E-state index contributed by atoms with van der Waals surface area (Å²) in [4.78, 5) is 34.6. The summed E-state index contributed by atoms with van der Waals surface area (Å²) in [6, 6.07) is 12.9. The number of carbonyl (C=O) groups excluding carboxylic acids is 2. The molecule has 1 aromatic heterocycles. The van der Waals surface area contributed by atoms with Crippen LogP contribution in [0.4, 0.5) is 11.4 Å². The molecule has 0 atom stereocenters. The Morgan fingerprint density at radius 3 is 2.79 bits per heavy atom. The summed E-state index contributed by atoms with van der Waals surface area (Å²) in [5.74, 6) is 0.125. The Hall–Kier alpha value is -2.84. The molecule has 140 valence electrons. The number of amides is 2. The number of hydrogen-bond acceptors (Lipinski definition) is 6. The van der Waals surface area contributed by atoms with E-state index >= 15 is 0 Å². The second kappa shape index (κ2) is 8.04. The van der Waals surface area contributed by atoms with Gasteiger partial charge in [0.2, 0.25) is 5.91 Å². The van der Waals surface area contributed by atoms with Crippen LogP contribution in [0, 0.1) is 6.92 Å². The van der Waals surface area contributed by atoms with Crippen molar-refractivity contribution in [2.24, 2.45) is 0 Å². The first kappa shape index (κ1) is 18.5. The van der Waals surface area contributed by atoms with Crippen molar-refractivity contribution in [3.05, 3.63) is 66.0 Å². The van der Waals surface area contributed by atoms with Crippen molar-refractivity contribution < 1.29 is 9.59 Å². The smallest absolute Gasteiger partial charge is 0.255 e. The Balaban J connectivity index is 1.49. The maximum atomic E-state index is 12.7. The molecule has 0 spiro atoms. The number of fused-ring (bicyclic) bond motifs is 1. The zero-order valence-corrected chi connectivity index (χ0v) is 16.6. The van der Waals surface area contributed by atoms with Crippen LogP contribution in [0.15, 0.2) is 69.8 Å². The van der Waals surface area contributed by atoms with Crippen LogP contribution < -0.4 is 10.6 Å². The van der Waals surface area contributed by atoms with E-state index in [4.69, 9.17) is 0 Å². The molecule has 2 amide bonds. The van der Waals surface area contributed by atoms with Crippen LogP contribution in [0.1, 0.15) is 15.9 Å². The number of nitrogens with one attached hydrogen (secondary N) is 2. The fraction of sp³-hybridized carbons (Fsp3) is 0.100. The van der Waals surface area contributed by atoms with E-state index in [2.05, 4.69) is 20.6 Å². The number of aromatic nitrogens is 2. The van der Waals surface area contributed by atoms with Crippen LogP contribution in [0.3, 0.4) is 0 Å². The van der Waals surface area contributed by atoms with Crippen molar-refractivity contribution in [2.75, 3.05) is 16.4 Å². The molecule has 0 saturated carbocycles. The molecular formula is C20H16N4O2S2. The Morgan fingerprint density at radius 2 is 2.00 bits per heavy atom. The quantitative estimate of drug-likeness (QED) is 0.629. The molecule has 8 heteroatoms. The summed E-state index contributed by atoms with van der Waals surface area (Å²) in [7, 11) is 0. The van der Waals surface area contributed by atoms with Crippen LogP contribution in [-0.2, 0) is 4.79 Å². The Kier molecular flexibility index (Phi) is 5.31. The maximum absolute atomic E-state index is 12.7. The van der Waals surface area contributed by atoms with Crippen molar-refractivity contribution in [1.82, 2.24) is 9.97 Å². The Bertz CT molecular complexity index is 1060. The zero-order chi connectivity index (χ0) is 19.5. The van der Waals surface area contributed by atoms with Gasteiger partial charge in [-0.25, -0.2) is 9.97 Å². The molecule has 0 bridgehead atoms. The fourth-order valence-corrected chi connectivity index (χ4v) is 4.30. The summed E-state index contributed by atoms with van der Waals surface area (Å²) in [5.41, 5.74) is 2.85. The molecule has 0 saturated heterocycles. The predicted molar refractivity (Wildman–Crippen MR) is 111 cm³/mol. The molecular weight excluding hydrogens is 392 g/mol. The summed E-state index contributed by atoms with van der Waals surface area (Å²) < 4.78 is 0. The van der Waals surface area contributed by atoms with E-state index in [1.807, 2.05) is 31.2 Å². The number of nitrogens with zero attached hydrogens (tertiary/aromatic N) is 2. The molecule has 2 aromatic carbocycles. The van der Waals surface area contributed by atoms with Crippen molar-refractivity contribution in [3.63, 3.8) is 0 Å². The molecule has 4 rings (SSSR count). The second-order valence-corrected chi connectivity index (χ2v) is 8.17. The lowest BCUT2D eigenvalue weighted by Gasteiger charge is -2.17. The summed E-state index contributed by atoms with van der Waals surface area (Å²) in [6.45, 7) is 1.94. The van der Waals surface area contributed by atoms with Crippen LogP contribution in [0.5, 0.6) is 0 Å². The third-order valence-electron chi connectivity index (χ3n) is 4.07. The molecule has 1 aliphatic heterocycles. The molecule has 28 heavy (non-hydrogen) atoms. The highest BCUT2D eigenvalue weighted by Crippen LogP contribution is 2.32. The standard InChI is InChI=1S/C20H16N4O2S2/c1-12-9-14(28-20-21-7-2-8-22-20)4-5-15(12)24-19(26)13-3-6-17-16(10-13)23-18(25)11-27-17/h2-10H,11H2,1H3,(H,23,25)(H,24,26). The van der Waals surface area contributed by atoms with Gasteiger partial charge in [0.25, 0.3) is 5.91 Å². The van der Waals surface area contributed by atoms with E-state index in [0.717, 1.165) is 21.0 Å². The van der Waals surface area contributed by atoms with Gasteiger partial charge in [-0.1, -0.05) is 0 Å². The van der Waals surface area contributed by atoms with Gasteiger partial charge in [0.05, 0.1) is 11.4 Å². The number of hydrogen-bond donors (Lipinski definition) is 2. The number of benzene rings is 2. The first-order valence-corrected chi connectivity index (χ1v) is 10.3. The van der Waals surface area contributed by atoms with E-state index in [0.29, 0.717) is 22.2 Å². The summed E-state index contributed by atoms with van der Waals surface area (Å²) in [5, 5.41) is 6.42. The minimum atomic E-state index is -0.220. The molecule has 0 unspecified atom stereocenters. The topological polar surface area (TPSA) is 84.0 Å². The van der Waals surface area contributed by atoms with E-state index < -0.39 is 0 Å². The van der Waals surface area contributed by atoms with Crippen molar-refractivity contribution >= 4 is 46.7 Å². The third kappa shape index (κ3) is 4.18. The van der Waals surface area contributed by atoms with Gasteiger partial charge in [-0.15, -0.1) is 11.8 Å². The highest BCUT2D eigenvalue weighted by molar-refractivity contribution is 8.00. The molecule has 0 aliphatic carbocycles. The molecule has 3 aromatic rings. The highest BCUT2D eigenvalue weighted by atomic mass is 32.2. The van der Waals surface area contributed by atoms with Gasteiger partial charge in [0.15, 0.2) is 5.16 Å². The Labute approximate surface area is 170 Å². The molecule has 0 radical (unpaired) electrons. The molecule has 6 nitrogen and oxygen atoms in total. The Morgan fingerprint density at radius 1 is 1.18 bits per heavy atom. The second-order valence-electron chi connectivity index (χ2n) is 6.11. The third-order valence-corrected chi connectivity index (χ3v) is 6.03. The molecule has 0 fully saturated rings. The average Bonchev–Trinajstić information content (AvgIpc) is 2.70. The molecule has 2 N–H and O–H groups in total. The van der Waals surface area contributed by atoms with Crippen molar-refractivity contribution in [2.45, 2.75) is 21.9 Å². The van der Waals surface area contributed by atoms with Crippen molar-refractivity contribution in [1.29, 1.82) is 0 Å². The normalized spacial score (nSPS) is 12.8. The van der Waals surface area contributed by atoms with Gasteiger partial charge >= 0.3 is 0 Å². The van der Waals surface area contributed by atoms with E-state index in [9.17, 15) is 9.59 Å². The summed E-state index contributed by atoms with van der Waals surface area (Å²) in [6.07, 6.45) is 3.41. The number of carbonyl (C=O) groups is 2. The molecule has 2 heterocycles. The van der Waals surface area contributed by atoms with Gasteiger partial charge in [-0.3, -0.25) is 9.59 Å². The molecule has 1 aliphatic rings. The predicted octanol–water partition coefficient (Wildman–Crippen LogP) is 4.23. The maximum Gasteiger partial charge on any atom is 0.255 e. The first-order chi connectivity index (χ1) is 13.6. The van der Waals surface area contributed by atoms with Gasteiger partial charge in [0, 0.05) is 33.4 Å². The lowest BCUT2D eigenvalue weighted by Crippen LogP contribution is -2.20. The van der Waals surface area contributed by atoms with Gasteiger partial charge in [-0.05, 0) is 66.7 Å². The fourth-order valence-electron chi connectivity index (χ4n) is 2.70. The highest BCUT2D eigenvalue weighted by Gasteiger charge is 2.17. The lowest BCUT2D eigenvalue weighted by molar-refractivity contribution is -0.113. The van der Waals surface area contributed by atoms with Crippen LogP contribution >= 0.6 is 23.5 Å². The van der Waals surface area contributed by atoms with Gasteiger partial charge in [-0.2, -0.15) is 0 Å². The monoisotopic (exact) mass is 408 g/mol. The van der Waals surface area contributed by atoms with Crippen LogP contribution in [-0.4, -0.2) is 27.5 Å². The van der Waals surface area contributed by atoms with E-state index in [-0.39, 0.29) is 11.8 Å². The average molecular weight is 409 g/mol. The van der Waals surface area contributed by atoms with Crippen LogP contribution in [0.25, 0.3) is 0 Å². The number of rotatable bonds is 4. The zero-order valence-electron chi connectivity index (χ0n) is 14.9. The van der Waals surface area contributed by atoms with E-state index in [1.54, 1.807) is 30.6 Å². The van der Waals surface area contributed by atoms with Crippen molar-refractivity contribution in [3.8, 4) is 0 Å². The number of anilines is 2.